The monoisotopic (exact) mass is 674 g/mol. The minimum atomic E-state index is -2.56. The summed E-state index contributed by atoms with van der Waals surface area (Å²) in [6.45, 7) is 18.9. The Balaban J connectivity index is 1.73. The van der Waals surface area contributed by atoms with Crippen LogP contribution in [0.25, 0.3) is 16.7 Å². The quantitative estimate of drug-likeness (QED) is 0.243. The van der Waals surface area contributed by atoms with Crippen LogP contribution in [0, 0.1) is 0 Å². The summed E-state index contributed by atoms with van der Waals surface area (Å²) in [5, 5.41) is 0.800. The summed E-state index contributed by atoms with van der Waals surface area (Å²) in [5.41, 5.74) is 12.0. The fourth-order valence-electron chi connectivity index (χ4n) is 5.98. The minimum absolute atomic E-state index is 0.128. The van der Waals surface area contributed by atoms with Crippen molar-refractivity contribution in [3.63, 3.8) is 0 Å². The van der Waals surface area contributed by atoms with Crippen LogP contribution in [0.2, 0.25) is 8.70 Å². The fraction of sp³-hybridized carbons (Fsp3) is 0.343. The average Bonchev–Trinajstić information content (AvgIpc) is 3.42. The molecule has 0 amide bonds. The van der Waals surface area contributed by atoms with E-state index in [1.165, 1.54) is 33.4 Å². The molecule has 2 aliphatic rings. The summed E-state index contributed by atoms with van der Waals surface area (Å²) < 4.78 is 2.73. The second-order valence-electron chi connectivity index (χ2n) is 13.0. The summed E-state index contributed by atoms with van der Waals surface area (Å²) in [5.74, 6) is 0. The Hall–Kier alpha value is -1.83. The molecule has 37 heavy (non-hydrogen) atoms. The predicted octanol–water partition coefficient (Wildman–Crippen LogP) is 10.3. The Morgan fingerprint density at radius 2 is 1.24 bits per heavy atom. The zero-order chi connectivity index (χ0) is 26.7. The topological polar surface area (TPSA) is 0 Å². The van der Waals surface area contributed by atoms with Crippen LogP contribution in [0.1, 0.15) is 86.9 Å². The number of benzene rings is 3. The van der Waals surface area contributed by atoms with Crippen molar-refractivity contribution in [2.24, 2.45) is 0 Å². The molecule has 0 heterocycles. The third-order valence-electron chi connectivity index (χ3n) is 8.06. The predicted molar refractivity (Wildman–Crippen MR) is 160 cm³/mol. The summed E-state index contributed by atoms with van der Waals surface area (Å²) in [7, 11) is 0. The third kappa shape index (κ3) is 4.99. The van der Waals surface area contributed by atoms with E-state index in [2.05, 4.69) is 122 Å². The van der Waals surface area contributed by atoms with Crippen molar-refractivity contribution in [1.29, 1.82) is 0 Å². The number of rotatable bonds is 3. The SMILES string of the molecule is C[C](C)=[Hf]([CH]1C=CC=C1c1ccc(Cl)cc1)[CH]1c2cc(C(C)(C)C)ccc2-c2ccc(C(C)(C)C)cc21. The first-order chi connectivity index (χ1) is 17.4. The van der Waals surface area contributed by atoms with Crippen LogP contribution in [0.3, 0.4) is 0 Å². The van der Waals surface area contributed by atoms with Gasteiger partial charge in [-0.05, 0) is 0 Å². The van der Waals surface area contributed by atoms with Gasteiger partial charge in [0.25, 0.3) is 0 Å². The van der Waals surface area contributed by atoms with Crippen LogP contribution in [0.5, 0.6) is 0 Å². The molecule has 0 fully saturated rings. The van der Waals surface area contributed by atoms with Crippen molar-refractivity contribution < 1.29 is 21.0 Å². The van der Waals surface area contributed by atoms with Crippen molar-refractivity contribution in [3.05, 3.63) is 112 Å². The molecular weight excluding hydrogens is 634 g/mol. The van der Waals surface area contributed by atoms with Crippen molar-refractivity contribution in [3.8, 4) is 11.1 Å². The fourth-order valence-corrected chi connectivity index (χ4v) is 19.1. The molecule has 0 aliphatic heterocycles. The summed E-state index contributed by atoms with van der Waals surface area (Å²) >= 11 is 3.70. The molecule has 2 heteroatoms. The molecule has 0 radical (unpaired) electrons. The summed E-state index contributed by atoms with van der Waals surface area (Å²) in [4.78, 5) is 0. The Kier molecular flexibility index (Phi) is 7.04. The van der Waals surface area contributed by atoms with Crippen molar-refractivity contribution in [2.45, 2.75) is 73.6 Å². The molecular formula is C35H39ClHf. The van der Waals surface area contributed by atoms with E-state index in [4.69, 9.17) is 11.6 Å². The number of fused-ring (bicyclic) bond motifs is 3. The van der Waals surface area contributed by atoms with Gasteiger partial charge in [-0.1, -0.05) is 0 Å². The first kappa shape index (κ1) is 26.8. The van der Waals surface area contributed by atoms with Gasteiger partial charge < -0.3 is 0 Å². The zero-order valence-corrected chi connectivity index (χ0v) is 27.9. The molecule has 1 atom stereocenters. The number of hydrogen-bond acceptors (Lipinski definition) is 0. The van der Waals surface area contributed by atoms with Gasteiger partial charge >= 0.3 is 238 Å². The van der Waals surface area contributed by atoms with Crippen LogP contribution in [-0.4, -0.2) is 3.26 Å². The standard InChI is InChI=1S/C21H25.C11H8Cl.C3H6.Hf/c1-20(2,3)16-7-9-18-14(12-16)11-15-13-17(21(4,5)6)8-10-19(15)18;12-11-7-5-10(6-8-11)9-3-1-2-4-9;1-3-2;/h7-13H,1-6H3;1-8H;1-2H3;. The molecule has 3 aromatic carbocycles. The van der Waals surface area contributed by atoms with Crippen molar-refractivity contribution in [1.82, 2.24) is 0 Å². The van der Waals surface area contributed by atoms with Gasteiger partial charge in [-0.3, -0.25) is 0 Å². The summed E-state index contributed by atoms with van der Waals surface area (Å²) in [6, 6.07) is 23.2. The number of allylic oxidation sites excluding steroid dienone is 4. The molecule has 0 spiro atoms. The zero-order valence-electron chi connectivity index (χ0n) is 23.5. The van der Waals surface area contributed by atoms with Gasteiger partial charge in [-0.25, -0.2) is 0 Å². The Bertz CT molecular complexity index is 1390. The van der Waals surface area contributed by atoms with Crippen LogP contribution in [0.15, 0.2) is 78.9 Å². The Morgan fingerprint density at radius 1 is 0.730 bits per heavy atom. The van der Waals surface area contributed by atoms with E-state index in [0.29, 0.717) is 7.35 Å². The molecule has 190 valence electrons. The second kappa shape index (κ2) is 9.73. The van der Waals surface area contributed by atoms with Gasteiger partial charge in [0.05, 0.1) is 0 Å². The van der Waals surface area contributed by atoms with Gasteiger partial charge in [0.15, 0.2) is 0 Å². The first-order valence-electron chi connectivity index (χ1n) is 13.5. The van der Waals surface area contributed by atoms with Gasteiger partial charge in [-0.2, -0.15) is 0 Å². The van der Waals surface area contributed by atoms with E-state index in [-0.39, 0.29) is 10.8 Å². The molecule has 0 saturated carbocycles. The number of hydrogen-bond donors (Lipinski definition) is 0. The normalized spacial score (nSPS) is 17.0. The van der Waals surface area contributed by atoms with Crippen LogP contribution in [0.4, 0.5) is 0 Å². The van der Waals surface area contributed by atoms with Crippen LogP contribution < -0.4 is 0 Å². The average molecular weight is 674 g/mol. The third-order valence-corrected chi connectivity index (χ3v) is 21.1. The first-order valence-corrected chi connectivity index (χ1v) is 19.8. The van der Waals surface area contributed by atoms with E-state index in [9.17, 15) is 0 Å². The van der Waals surface area contributed by atoms with Gasteiger partial charge in [-0.15, -0.1) is 0 Å². The van der Waals surface area contributed by atoms with Gasteiger partial charge in [0.2, 0.25) is 0 Å². The van der Waals surface area contributed by atoms with E-state index < -0.39 is 21.0 Å². The molecule has 3 aromatic rings. The van der Waals surface area contributed by atoms with Crippen molar-refractivity contribution >= 4 is 20.4 Å². The van der Waals surface area contributed by atoms with E-state index in [1.54, 1.807) is 14.4 Å². The molecule has 0 bridgehead atoms. The van der Waals surface area contributed by atoms with E-state index in [0.717, 1.165) is 5.02 Å². The van der Waals surface area contributed by atoms with Crippen LogP contribution >= 0.6 is 11.6 Å². The molecule has 0 N–H and O–H groups in total. The molecule has 5 rings (SSSR count). The van der Waals surface area contributed by atoms with E-state index >= 15 is 0 Å². The van der Waals surface area contributed by atoms with Gasteiger partial charge in [0, 0.05) is 0 Å². The van der Waals surface area contributed by atoms with E-state index in [1.807, 2.05) is 12.1 Å². The van der Waals surface area contributed by atoms with Crippen LogP contribution in [-0.2, 0) is 31.8 Å². The molecule has 2 aliphatic carbocycles. The molecule has 0 nitrogen and oxygen atoms in total. The Labute approximate surface area is 236 Å². The maximum absolute atomic E-state index is 6.26. The number of halogens is 1. The molecule has 0 saturated heterocycles. The Morgan fingerprint density at radius 3 is 1.70 bits per heavy atom. The molecule has 0 aromatic heterocycles. The molecule has 1 unspecified atom stereocenters. The van der Waals surface area contributed by atoms with Crippen molar-refractivity contribution in [2.75, 3.05) is 0 Å². The second-order valence-corrected chi connectivity index (χ2v) is 24.6. The summed E-state index contributed by atoms with van der Waals surface area (Å²) in [6.07, 6.45) is 7.17. The maximum atomic E-state index is 6.26. The van der Waals surface area contributed by atoms with Gasteiger partial charge in [0.1, 0.15) is 0 Å².